The third-order valence-corrected chi connectivity index (χ3v) is 6.35. The van der Waals surface area contributed by atoms with Crippen LogP contribution in [0, 0.1) is 0 Å². The smallest absolute Gasteiger partial charge is 0.261 e. The molecule has 0 saturated heterocycles. The number of para-hydroxylation sites is 2. The first-order chi connectivity index (χ1) is 16.2. The van der Waals surface area contributed by atoms with Crippen molar-refractivity contribution in [1.29, 1.82) is 0 Å². The summed E-state index contributed by atoms with van der Waals surface area (Å²) in [4.78, 5) is 50.4. The van der Waals surface area contributed by atoms with Gasteiger partial charge in [-0.3, -0.25) is 19.2 Å². The molecule has 34 heavy (non-hydrogen) atoms. The monoisotopic (exact) mass is 456 g/mol. The van der Waals surface area contributed by atoms with E-state index in [9.17, 15) is 29.4 Å². The zero-order chi connectivity index (χ0) is 24.1. The molecule has 8 heteroatoms. The van der Waals surface area contributed by atoms with E-state index in [-0.39, 0.29) is 11.1 Å². The molecule has 2 amide bonds. The summed E-state index contributed by atoms with van der Waals surface area (Å²) in [5.41, 5.74) is -1.94. The van der Waals surface area contributed by atoms with Crippen molar-refractivity contribution in [3.63, 3.8) is 0 Å². The van der Waals surface area contributed by atoms with E-state index in [4.69, 9.17) is 0 Å². The van der Waals surface area contributed by atoms with Crippen molar-refractivity contribution in [3.05, 3.63) is 95.1 Å². The summed E-state index contributed by atoms with van der Waals surface area (Å²) in [5.74, 6) is -2.29. The summed E-state index contributed by atoms with van der Waals surface area (Å²) < 4.78 is 0. The molecule has 2 atom stereocenters. The molecule has 2 aliphatic rings. The van der Waals surface area contributed by atoms with Crippen LogP contribution in [0.25, 0.3) is 0 Å². The Bertz CT molecular complexity index is 1260. The second-order valence-electron chi connectivity index (χ2n) is 8.50. The predicted molar refractivity (Wildman–Crippen MR) is 122 cm³/mol. The predicted octanol–water partition coefficient (Wildman–Crippen LogP) is 2.51. The van der Waals surface area contributed by atoms with Gasteiger partial charge in [0.05, 0.1) is 12.8 Å². The molecule has 4 N–H and O–H groups in total. The second-order valence-corrected chi connectivity index (χ2v) is 8.50. The Morgan fingerprint density at radius 2 is 0.971 bits per heavy atom. The number of fused-ring (bicyclic) bond motifs is 2. The molecule has 8 nitrogen and oxygen atoms in total. The maximum atomic E-state index is 12.8. The van der Waals surface area contributed by atoms with E-state index < -0.39 is 47.4 Å². The zero-order valence-corrected chi connectivity index (χ0v) is 17.9. The Hall–Kier alpha value is -4.14. The highest BCUT2D eigenvalue weighted by Gasteiger charge is 2.47. The molecule has 2 aliphatic heterocycles. The van der Waals surface area contributed by atoms with Crippen molar-refractivity contribution in [1.82, 2.24) is 0 Å². The number of benzene rings is 3. The minimum atomic E-state index is -1.98. The van der Waals surface area contributed by atoms with Gasteiger partial charge < -0.3 is 20.8 Å². The van der Waals surface area contributed by atoms with Crippen LogP contribution < -0.4 is 10.6 Å². The molecule has 0 bridgehead atoms. The average molecular weight is 456 g/mol. The number of Topliss-reactive ketones (excluding diaryl/α,β-unsaturated/α-hetero) is 2. The average Bonchev–Trinajstić information content (AvgIpc) is 3.23. The fourth-order valence-corrected chi connectivity index (χ4v) is 4.46. The number of aliphatic hydroxyl groups is 2. The fourth-order valence-electron chi connectivity index (χ4n) is 4.46. The summed E-state index contributed by atoms with van der Waals surface area (Å²) in [5, 5.41) is 27.0. The van der Waals surface area contributed by atoms with Crippen molar-refractivity contribution >= 4 is 34.8 Å². The first kappa shape index (κ1) is 21.7. The van der Waals surface area contributed by atoms with E-state index in [1.807, 2.05) is 0 Å². The molecule has 0 radical (unpaired) electrons. The molecule has 5 rings (SSSR count). The minimum absolute atomic E-state index is 0.213. The van der Waals surface area contributed by atoms with Crippen LogP contribution in [-0.4, -0.2) is 33.6 Å². The lowest BCUT2D eigenvalue weighted by Crippen LogP contribution is -2.36. The number of hydrogen-bond acceptors (Lipinski definition) is 6. The standard InChI is InChI=1S/C26H20N2O6/c29-21(13-25(33)17-5-1-3-7-19(17)27-23(25)31)15-9-11-16(12-10-15)22(30)14-26(34)18-6-2-4-8-20(18)28-24(26)32/h1-12,33-34H,13-14H2,(H,27,31)(H,28,32)/t25-,26-/m0/s1. The molecule has 3 aromatic carbocycles. The molecular formula is C26H20N2O6. The van der Waals surface area contributed by atoms with Gasteiger partial charge in [-0.15, -0.1) is 0 Å². The molecular weight excluding hydrogens is 436 g/mol. The Kier molecular flexibility index (Phi) is 4.93. The van der Waals surface area contributed by atoms with Gasteiger partial charge in [-0.2, -0.15) is 0 Å². The van der Waals surface area contributed by atoms with Gasteiger partial charge in [-0.25, -0.2) is 0 Å². The van der Waals surface area contributed by atoms with Gasteiger partial charge >= 0.3 is 0 Å². The van der Waals surface area contributed by atoms with Crippen molar-refractivity contribution in [2.75, 3.05) is 10.6 Å². The number of nitrogens with one attached hydrogen (secondary N) is 2. The normalized spacial score (nSPS) is 22.5. The first-order valence-corrected chi connectivity index (χ1v) is 10.7. The maximum Gasteiger partial charge on any atom is 0.261 e. The zero-order valence-electron chi connectivity index (χ0n) is 17.9. The van der Waals surface area contributed by atoms with E-state index in [1.54, 1.807) is 48.5 Å². The Balaban J connectivity index is 1.32. The molecule has 170 valence electrons. The van der Waals surface area contributed by atoms with E-state index in [1.165, 1.54) is 24.3 Å². The Morgan fingerprint density at radius 3 is 1.35 bits per heavy atom. The molecule has 0 spiro atoms. The highest BCUT2D eigenvalue weighted by atomic mass is 16.3. The van der Waals surface area contributed by atoms with Crippen molar-refractivity contribution < 1.29 is 29.4 Å². The molecule has 0 aliphatic carbocycles. The van der Waals surface area contributed by atoms with E-state index in [2.05, 4.69) is 10.6 Å². The number of amides is 2. The SMILES string of the molecule is O=C(C[C@@]1(O)C(=O)Nc2ccccc21)c1ccc(C(=O)C[C@@]2(O)C(=O)Nc3ccccc32)cc1. The van der Waals surface area contributed by atoms with Gasteiger partial charge in [0.2, 0.25) is 0 Å². The molecule has 3 aromatic rings. The summed E-state index contributed by atoms with van der Waals surface area (Å²) in [6.45, 7) is 0. The van der Waals surface area contributed by atoms with Gasteiger partial charge in [0, 0.05) is 33.6 Å². The van der Waals surface area contributed by atoms with Crippen molar-refractivity contribution in [2.24, 2.45) is 0 Å². The van der Waals surface area contributed by atoms with Crippen LogP contribution in [0.2, 0.25) is 0 Å². The lowest BCUT2D eigenvalue weighted by molar-refractivity contribution is -0.133. The summed E-state index contributed by atoms with van der Waals surface area (Å²) >= 11 is 0. The minimum Gasteiger partial charge on any atom is -0.375 e. The van der Waals surface area contributed by atoms with Crippen LogP contribution in [0.1, 0.15) is 44.7 Å². The lowest BCUT2D eigenvalue weighted by Gasteiger charge is -2.20. The Labute approximate surface area is 194 Å². The molecule has 2 heterocycles. The van der Waals surface area contributed by atoms with Crippen LogP contribution in [-0.2, 0) is 20.8 Å². The number of carbonyl (C=O) groups is 4. The highest BCUT2D eigenvalue weighted by molar-refractivity contribution is 6.11. The van der Waals surface area contributed by atoms with E-state index in [0.717, 1.165) is 0 Å². The second kappa shape index (κ2) is 7.72. The number of hydrogen-bond donors (Lipinski definition) is 4. The summed E-state index contributed by atoms with van der Waals surface area (Å²) in [7, 11) is 0. The van der Waals surface area contributed by atoms with E-state index >= 15 is 0 Å². The third-order valence-electron chi connectivity index (χ3n) is 6.35. The number of anilines is 2. The summed E-state index contributed by atoms with van der Waals surface area (Å²) in [6, 6.07) is 18.9. The van der Waals surface area contributed by atoms with Gasteiger partial charge in [-0.05, 0) is 12.1 Å². The van der Waals surface area contributed by atoms with Gasteiger partial charge in [0.25, 0.3) is 11.8 Å². The Morgan fingerprint density at radius 1 is 0.618 bits per heavy atom. The highest BCUT2D eigenvalue weighted by Crippen LogP contribution is 2.40. The van der Waals surface area contributed by atoms with Gasteiger partial charge in [0.1, 0.15) is 0 Å². The number of carbonyl (C=O) groups excluding carboxylic acids is 4. The third kappa shape index (κ3) is 3.32. The molecule has 0 fully saturated rings. The van der Waals surface area contributed by atoms with Gasteiger partial charge in [0.15, 0.2) is 22.8 Å². The van der Waals surface area contributed by atoms with Crippen LogP contribution in [0.3, 0.4) is 0 Å². The van der Waals surface area contributed by atoms with Crippen LogP contribution in [0.4, 0.5) is 11.4 Å². The molecule has 0 saturated carbocycles. The number of ketones is 2. The topological polar surface area (TPSA) is 133 Å². The summed E-state index contributed by atoms with van der Waals surface area (Å²) in [6.07, 6.45) is -0.917. The largest absolute Gasteiger partial charge is 0.375 e. The first-order valence-electron chi connectivity index (χ1n) is 10.7. The molecule has 0 unspecified atom stereocenters. The van der Waals surface area contributed by atoms with Gasteiger partial charge in [-0.1, -0.05) is 60.7 Å². The van der Waals surface area contributed by atoms with Crippen LogP contribution in [0.5, 0.6) is 0 Å². The fraction of sp³-hybridized carbons (Fsp3) is 0.154. The van der Waals surface area contributed by atoms with Crippen molar-refractivity contribution in [2.45, 2.75) is 24.0 Å². The molecule has 0 aromatic heterocycles. The quantitative estimate of drug-likeness (QED) is 0.422. The van der Waals surface area contributed by atoms with Crippen molar-refractivity contribution in [3.8, 4) is 0 Å². The number of rotatable bonds is 6. The lowest BCUT2D eigenvalue weighted by atomic mass is 9.86. The van der Waals surface area contributed by atoms with E-state index in [0.29, 0.717) is 22.5 Å². The van der Waals surface area contributed by atoms with Crippen LogP contribution in [0.15, 0.2) is 72.8 Å². The van der Waals surface area contributed by atoms with Crippen LogP contribution >= 0.6 is 0 Å². The maximum absolute atomic E-state index is 12.8.